The van der Waals surface area contributed by atoms with E-state index >= 15 is 0 Å². The zero-order valence-corrected chi connectivity index (χ0v) is 11.7. The molecule has 1 aromatic carbocycles. The molecule has 0 aromatic heterocycles. The lowest BCUT2D eigenvalue weighted by Crippen LogP contribution is -2.26. The first kappa shape index (κ1) is 12.9. The zero-order chi connectivity index (χ0) is 12.3. The van der Waals surface area contributed by atoms with E-state index < -0.39 is 0 Å². The van der Waals surface area contributed by atoms with Crippen molar-refractivity contribution in [1.29, 1.82) is 0 Å². The van der Waals surface area contributed by atoms with Gasteiger partial charge in [0.1, 0.15) is 5.75 Å². The minimum Gasteiger partial charge on any atom is -0.494 e. The van der Waals surface area contributed by atoms with Crippen molar-refractivity contribution in [2.45, 2.75) is 25.9 Å². The molecule has 1 unspecified atom stereocenters. The summed E-state index contributed by atoms with van der Waals surface area (Å²) in [5.41, 5.74) is 7.16. The van der Waals surface area contributed by atoms with Gasteiger partial charge in [0.05, 0.1) is 6.61 Å². The van der Waals surface area contributed by atoms with Crippen LogP contribution in [0.2, 0.25) is 0 Å². The number of nitrogens with zero attached hydrogens (tertiary/aromatic N) is 1. The summed E-state index contributed by atoms with van der Waals surface area (Å²) in [7, 11) is 0. The summed E-state index contributed by atoms with van der Waals surface area (Å²) in [6.45, 7) is 5.70. The average Bonchev–Trinajstić information content (AvgIpc) is 2.68. The zero-order valence-electron chi connectivity index (χ0n) is 10.2. The largest absolute Gasteiger partial charge is 0.494 e. The lowest BCUT2D eigenvalue weighted by atomic mass is 10.2. The first-order valence-corrected chi connectivity index (χ1v) is 6.87. The molecule has 0 amide bonds. The van der Waals surface area contributed by atoms with Crippen LogP contribution in [0.15, 0.2) is 22.7 Å². The molecule has 1 aliphatic heterocycles. The van der Waals surface area contributed by atoms with Gasteiger partial charge in [0, 0.05) is 35.7 Å². The Morgan fingerprint density at radius 2 is 2.35 bits per heavy atom. The van der Waals surface area contributed by atoms with Crippen molar-refractivity contribution >= 4 is 15.9 Å². The van der Waals surface area contributed by atoms with Gasteiger partial charge in [-0.3, -0.25) is 4.90 Å². The van der Waals surface area contributed by atoms with E-state index in [0.29, 0.717) is 12.6 Å². The van der Waals surface area contributed by atoms with E-state index in [9.17, 15) is 0 Å². The summed E-state index contributed by atoms with van der Waals surface area (Å²) in [6.07, 6.45) is 1.10. The summed E-state index contributed by atoms with van der Waals surface area (Å²) in [5.74, 6) is 0.983. The highest BCUT2D eigenvalue weighted by atomic mass is 79.9. The second kappa shape index (κ2) is 5.85. The van der Waals surface area contributed by atoms with Gasteiger partial charge in [-0.2, -0.15) is 0 Å². The van der Waals surface area contributed by atoms with Crippen molar-refractivity contribution in [2.24, 2.45) is 5.73 Å². The van der Waals surface area contributed by atoms with E-state index in [2.05, 4.69) is 26.9 Å². The first-order valence-electron chi connectivity index (χ1n) is 6.08. The van der Waals surface area contributed by atoms with Gasteiger partial charge in [0.15, 0.2) is 0 Å². The maximum absolute atomic E-state index is 5.92. The van der Waals surface area contributed by atoms with Crippen molar-refractivity contribution in [2.75, 3.05) is 19.7 Å². The van der Waals surface area contributed by atoms with Crippen LogP contribution in [0.3, 0.4) is 0 Å². The van der Waals surface area contributed by atoms with Gasteiger partial charge >= 0.3 is 0 Å². The van der Waals surface area contributed by atoms with Gasteiger partial charge in [-0.05, 0) is 31.5 Å². The van der Waals surface area contributed by atoms with Crippen LogP contribution in [0.4, 0.5) is 0 Å². The Bertz CT molecular complexity index is 384. The third kappa shape index (κ3) is 3.44. The summed E-state index contributed by atoms with van der Waals surface area (Å²) >= 11 is 3.51. The second-order valence-corrected chi connectivity index (χ2v) is 5.38. The molecule has 1 heterocycles. The Balaban J connectivity index is 2.10. The average molecular weight is 299 g/mol. The molecule has 0 saturated carbocycles. The molecule has 2 rings (SSSR count). The molecule has 1 fully saturated rings. The van der Waals surface area contributed by atoms with Crippen molar-refractivity contribution in [3.05, 3.63) is 28.2 Å². The number of benzene rings is 1. The molecular formula is C13H19BrN2O. The molecule has 1 atom stereocenters. The van der Waals surface area contributed by atoms with Crippen LogP contribution in [0.1, 0.15) is 18.9 Å². The smallest absolute Gasteiger partial charge is 0.123 e. The molecule has 3 nitrogen and oxygen atoms in total. The standard InChI is InChI=1S/C13H19BrN2O/c1-2-17-13-4-3-11(14)7-10(13)8-16-6-5-12(15)9-16/h3-4,7,12H,2,5-6,8-9,15H2,1H3. The third-order valence-electron chi connectivity index (χ3n) is 3.03. The van der Waals surface area contributed by atoms with Gasteiger partial charge < -0.3 is 10.5 Å². The van der Waals surface area contributed by atoms with E-state index in [1.807, 2.05) is 19.1 Å². The minimum absolute atomic E-state index is 0.331. The van der Waals surface area contributed by atoms with Crippen LogP contribution in [0.25, 0.3) is 0 Å². The number of nitrogens with two attached hydrogens (primary N) is 1. The van der Waals surface area contributed by atoms with Crippen molar-refractivity contribution in [1.82, 2.24) is 4.90 Å². The number of rotatable bonds is 4. The van der Waals surface area contributed by atoms with Crippen molar-refractivity contribution in [3.63, 3.8) is 0 Å². The first-order chi connectivity index (χ1) is 8.19. The molecule has 2 N–H and O–H groups in total. The molecule has 1 aromatic rings. The van der Waals surface area contributed by atoms with Crippen molar-refractivity contribution in [3.8, 4) is 5.75 Å². The Kier molecular flexibility index (Phi) is 4.42. The quantitative estimate of drug-likeness (QED) is 0.927. The fourth-order valence-electron chi connectivity index (χ4n) is 2.22. The van der Waals surface area contributed by atoms with Gasteiger partial charge in [-0.15, -0.1) is 0 Å². The van der Waals surface area contributed by atoms with E-state index in [0.717, 1.165) is 36.3 Å². The summed E-state index contributed by atoms with van der Waals surface area (Å²) in [4.78, 5) is 2.38. The highest BCUT2D eigenvalue weighted by Gasteiger charge is 2.20. The van der Waals surface area contributed by atoms with Gasteiger partial charge in [-0.1, -0.05) is 15.9 Å². The lowest BCUT2D eigenvalue weighted by Gasteiger charge is -2.18. The fourth-order valence-corrected chi connectivity index (χ4v) is 2.62. The lowest BCUT2D eigenvalue weighted by molar-refractivity contribution is 0.302. The molecule has 0 aliphatic carbocycles. The second-order valence-electron chi connectivity index (χ2n) is 4.47. The topological polar surface area (TPSA) is 38.5 Å². The van der Waals surface area contributed by atoms with Crippen molar-refractivity contribution < 1.29 is 4.74 Å². The van der Waals surface area contributed by atoms with Gasteiger partial charge in [0.25, 0.3) is 0 Å². The maximum atomic E-state index is 5.92. The Morgan fingerprint density at radius 3 is 3.00 bits per heavy atom. The van der Waals surface area contributed by atoms with Crippen LogP contribution >= 0.6 is 15.9 Å². The number of halogens is 1. The van der Waals surface area contributed by atoms with Gasteiger partial charge in [0.2, 0.25) is 0 Å². The molecule has 1 aliphatic rings. The molecule has 1 saturated heterocycles. The number of hydrogen-bond donors (Lipinski definition) is 1. The normalized spacial score (nSPS) is 20.8. The molecule has 0 spiro atoms. The third-order valence-corrected chi connectivity index (χ3v) is 3.52. The Hall–Kier alpha value is -0.580. The molecule has 0 bridgehead atoms. The predicted octanol–water partition coefficient (Wildman–Crippen LogP) is 2.38. The molecule has 17 heavy (non-hydrogen) atoms. The van der Waals surface area contributed by atoms with Crippen LogP contribution in [0, 0.1) is 0 Å². The Morgan fingerprint density at radius 1 is 1.53 bits per heavy atom. The molecule has 0 radical (unpaired) electrons. The van der Waals surface area contributed by atoms with Crippen LogP contribution in [0.5, 0.6) is 5.75 Å². The SMILES string of the molecule is CCOc1ccc(Br)cc1CN1CCC(N)C1. The van der Waals surface area contributed by atoms with Crippen LogP contribution in [-0.2, 0) is 6.54 Å². The minimum atomic E-state index is 0.331. The van der Waals surface area contributed by atoms with Crippen LogP contribution in [-0.4, -0.2) is 30.6 Å². The highest BCUT2D eigenvalue weighted by Crippen LogP contribution is 2.25. The fraction of sp³-hybridized carbons (Fsp3) is 0.538. The predicted molar refractivity (Wildman–Crippen MR) is 73.2 cm³/mol. The molecule has 4 heteroatoms. The van der Waals surface area contributed by atoms with E-state index in [-0.39, 0.29) is 0 Å². The maximum Gasteiger partial charge on any atom is 0.123 e. The summed E-state index contributed by atoms with van der Waals surface area (Å²) in [5, 5.41) is 0. The van der Waals surface area contributed by atoms with Crippen LogP contribution < -0.4 is 10.5 Å². The number of hydrogen-bond acceptors (Lipinski definition) is 3. The monoisotopic (exact) mass is 298 g/mol. The molecular weight excluding hydrogens is 280 g/mol. The number of likely N-dealkylation sites (tertiary alicyclic amines) is 1. The Labute approximate surface area is 111 Å². The summed E-state index contributed by atoms with van der Waals surface area (Å²) in [6, 6.07) is 6.51. The van der Waals surface area contributed by atoms with E-state index in [4.69, 9.17) is 10.5 Å². The number of ether oxygens (including phenoxy) is 1. The van der Waals surface area contributed by atoms with E-state index in [1.165, 1.54) is 5.56 Å². The van der Waals surface area contributed by atoms with Gasteiger partial charge in [-0.25, -0.2) is 0 Å². The highest BCUT2D eigenvalue weighted by molar-refractivity contribution is 9.10. The molecule has 94 valence electrons. The summed E-state index contributed by atoms with van der Waals surface area (Å²) < 4.78 is 6.75. The van der Waals surface area contributed by atoms with E-state index in [1.54, 1.807) is 0 Å².